The maximum atomic E-state index is 12.6. The van der Waals surface area contributed by atoms with Crippen LogP contribution in [0.3, 0.4) is 0 Å². The Balaban J connectivity index is 1.56. The van der Waals surface area contributed by atoms with Crippen molar-refractivity contribution < 1.29 is 4.79 Å². The van der Waals surface area contributed by atoms with Crippen molar-refractivity contribution in [1.29, 1.82) is 0 Å². The largest absolute Gasteiger partial charge is 0.364 e. The normalized spacial score (nSPS) is 20.0. The van der Waals surface area contributed by atoms with E-state index in [1.54, 1.807) is 0 Å². The van der Waals surface area contributed by atoms with E-state index >= 15 is 0 Å². The predicted molar refractivity (Wildman–Crippen MR) is 119 cm³/mol. The Hall–Kier alpha value is -2.08. The Morgan fingerprint density at radius 1 is 1.14 bits per heavy atom. The van der Waals surface area contributed by atoms with Crippen LogP contribution >= 0.6 is 12.2 Å². The number of thiocarbonyl (C=S) groups is 1. The van der Waals surface area contributed by atoms with Crippen LogP contribution in [-0.2, 0) is 11.2 Å². The quantitative estimate of drug-likeness (QED) is 0.741. The van der Waals surface area contributed by atoms with Gasteiger partial charge in [0.25, 0.3) is 0 Å². The van der Waals surface area contributed by atoms with Gasteiger partial charge in [-0.1, -0.05) is 25.6 Å². The summed E-state index contributed by atoms with van der Waals surface area (Å²) in [5, 5.41) is 7.28. The first-order valence-corrected chi connectivity index (χ1v) is 10.9. The number of anilines is 1. The summed E-state index contributed by atoms with van der Waals surface area (Å²) in [4.78, 5) is 16.7. The van der Waals surface area contributed by atoms with Gasteiger partial charge in [-0.15, -0.1) is 0 Å². The molecular weight excluding hydrogens is 368 g/mol. The fourth-order valence-corrected chi connectivity index (χ4v) is 4.16. The number of nitrogens with one attached hydrogen (secondary N) is 2. The Labute approximate surface area is 174 Å². The van der Waals surface area contributed by atoms with Gasteiger partial charge in [-0.3, -0.25) is 4.79 Å². The number of rotatable bonds is 5. The molecule has 2 heterocycles. The van der Waals surface area contributed by atoms with Crippen molar-refractivity contribution in [3.8, 4) is 0 Å². The highest BCUT2D eigenvalue weighted by molar-refractivity contribution is 7.80. The monoisotopic (exact) mass is 400 g/mol. The van der Waals surface area contributed by atoms with Crippen LogP contribution in [0.25, 0.3) is 0 Å². The molecule has 2 saturated heterocycles. The number of amides is 1. The summed E-state index contributed by atoms with van der Waals surface area (Å²) in [6.45, 7) is 9.55. The van der Waals surface area contributed by atoms with Crippen LogP contribution in [0, 0.1) is 0 Å². The van der Waals surface area contributed by atoms with E-state index in [0.29, 0.717) is 11.7 Å². The van der Waals surface area contributed by atoms with Gasteiger partial charge in [0, 0.05) is 31.0 Å². The molecule has 2 aliphatic rings. The van der Waals surface area contributed by atoms with Gasteiger partial charge in [-0.25, -0.2) is 0 Å². The third-order valence-electron chi connectivity index (χ3n) is 5.69. The molecule has 0 saturated carbocycles. The van der Waals surface area contributed by atoms with E-state index in [4.69, 9.17) is 12.2 Å². The van der Waals surface area contributed by atoms with Gasteiger partial charge in [-0.05, 0) is 68.4 Å². The number of nitrogens with zero attached hydrogens (tertiary/aromatic N) is 2. The number of likely N-dealkylation sites (tertiary alicyclic amines) is 2. The molecule has 6 heteroatoms. The molecule has 1 atom stereocenters. The standard InChI is InChI=1S/C22H32N4OS/c1-3-18-9-11-19(12-10-18)23-22(28)24-20-8-4-5-15-26(17(20)2)16-21(27)25-13-6-7-14-25/h9-12,20H,2-8,13-16H2,1H3,(H2,23,24,28). The number of carbonyl (C=O) groups is 1. The van der Waals surface area contributed by atoms with Gasteiger partial charge in [0.1, 0.15) is 0 Å². The van der Waals surface area contributed by atoms with Crippen molar-refractivity contribution in [3.05, 3.63) is 42.1 Å². The van der Waals surface area contributed by atoms with Crippen molar-refractivity contribution in [3.63, 3.8) is 0 Å². The van der Waals surface area contributed by atoms with Gasteiger partial charge >= 0.3 is 0 Å². The highest BCUT2D eigenvalue weighted by Crippen LogP contribution is 2.20. The minimum atomic E-state index is 0.0591. The molecular formula is C22H32N4OS. The van der Waals surface area contributed by atoms with E-state index < -0.39 is 0 Å². The molecule has 152 valence electrons. The number of hydrogen-bond acceptors (Lipinski definition) is 3. The summed E-state index contributed by atoms with van der Waals surface area (Å²) in [5.41, 5.74) is 3.26. The zero-order valence-corrected chi connectivity index (χ0v) is 17.7. The Morgan fingerprint density at radius 3 is 2.50 bits per heavy atom. The maximum absolute atomic E-state index is 12.6. The van der Waals surface area contributed by atoms with Crippen LogP contribution in [0.2, 0.25) is 0 Å². The van der Waals surface area contributed by atoms with Crippen molar-refractivity contribution in [1.82, 2.24) is 15.1 Å². The topological polar surface area (TPSA) is 47.6 Å². The third-order valence-corrected chi connectivity index (χ3v) is 5.91. The average Bonchev–Trinajstić information content (AvgIpc) is 3.19. The van der Waals surface area contributed by atoms with Gasteiger partial charge in [0.2, 0.25) is 5.91 Å². The Kier molecular flexibility index (Phi) is 7.31. The molecule has 0 aromatic heterocycles. The summed E-state index contributed by atoms with van der Waals surface area (Å²) < 4.78 is 0. The first-order chi connectivity index (χ1) is 13.6. The zero-order chi connectivity index (χ0) is 19.9. The molecule has 1 unspecified atom stereocenters. The molecule has 0 radical (unpaired) electrons. The van der Waals surface area contributed by atoms with E-state index in [2.05, 4.69) is 53.3 Å². The van der Waals surface area contributed by atoms with Crippen molar-refractivity contribution in [2.75, 3.05) is 31.5 Å². The summed E-state index contributed by atoms with van der Waals surface area (Å²) in [7, 11) is 0. The van der Waals surface area contributed by atoms with Crippen LogP contribution in [0.4, 0.5) is 5.69 Å². The van der Waals surface area contributed by atoms with Crippen molar-refractivity contribution in [2.24, 2.45) is 0 Å². The van der Waals surface area contributed by atoms with Gasteiger partial charge in [-0.2, -0.15) is 0 Å². The molecule has 0 bridgehead atoms. The second-order valence-corrected chi connectivity index (χ2v) is 8.11. The van der Waals surface area contributed by atoms with Gasteiger partial charge in [0.05, 0.1) is 12.6 Å². The van der Waals surface area contributed by atoms with Gasteiger partial charge < -0.3 is 20.4 Å². The lowest BCUT2D eigenvalue weighted by Crippen LogP contribution is -2.45. The molecule has 0 spiro atoms. The number of benzene rings is 1. The summed E-state index contributed by atoms with van der Waals surface area (Å²) >= 11 is 5.53. The van der Waals surface area contributed by atoms with Crippen LogP contribution in [0.5, 0.6) is 0 Å². The summed E-state index contributed by atoms with van der Waals surface area (Å²) in [6, 6.07) is 8.39. The van der Waals surface area contributed by atoms with E-state index in [-0.39, 0.29) is 11.9 Å². The van der Waals surface area contributed by atoms with E-state index in [9.17, 15) is 4.79 Å². The second-order valence-electron chi connectivity index (χ2n) is 7.70. The SMILES string of the molecule is C=C1C(NC(=S)Nc2ccc(CC)cc2)CCCCN1CC(=O)N1CCCC1. The van der Waals surface area contributed by atoms with Crippen LogP contribution in [-0.4, -0.2) is 53.0 Å². The lowest BCUT2D eigenvalue weighted by Gasteiger charge is -2.31. The van der Waals surface area contributed by atoms with Crippen LogP contribution < -0.4 is 10.6 Å². The first kappa shape index (κ1) is 20.6. The molecule has 28 heavy (non-hydrogen) atoms. The minimum Gasteiger partial charge on any atom is -0.364 e. The lowest BCUT2D eigenvalue weighted by atomic mass is 10.1. The second kappa shape index (κ2) is 9.92. The van der Waals surface area contributed by atoms with Crippen LogP contribution in [0.1, 0.15) is 44.6 Å². The molecule has 5 nitrogen and oxygen atoms in total. The molecule has 1 aromatic carbocycles. The Morgan fingerprint density at radius 2 is 1.82 bits per heavy atom. The first-order valence-electron chi connectivity index (χ1n) is 10.4. The smallest absolute Gasteiger partial charge is 0.242 e. The number of carbonyl (C=O) groups excluding carboxylic acids is 1. The molecule has 2 N–H and O–H groups in total. The van der Waals surface area contributed by atoms with Crippen LogP contribution in [0.15, 0.2) is 36.5 Å². The number of hydrogen-bond donors (Lipinski definition) is 2. The highest BCUT2D eigenvalue weighted by atomic mass is 32.1. The molecule has 1 amide bonds. The summed E-state index contributed by atoms with van der Waals surface area (Å²) in [6.07, 6.45) is 6.41. The molecule has 3 rings (SSSR count). The molecule has 2 aliphatic heterocycles. The van der Waals surface area contributed by atoms with E-state index in [1.807, 2.05) is 4.90 Å². The number of aryl methyl sites for hydroxylation is 1. The summed E-state index contributed by atoms with van der Waals surface area (Å²) in [5.74, 6) is 0.219. The predicted octanol–water partition coefficient (Wildman–Crippen LogP) is 3.53. The maximum Gasteiger partial charge on any atom is 0.242 e. The zero-order valence-electron chi connectivity index (χ0n) is 16.9. The lowest BCUT2D eigenvalue weighted by molar-refractivity contribution is -0.130. The molecule has 1 aromatic rings. The fraction of sp³-hybridized carbons (Fsp3) is 0.545. The van der Waals surface area contributed by atoms with E-state index in [1.165, 1.54) is 5.56 Å². The van der Waals surface area contributed by atoms with Crippen molar-refractivity contribution in [2.45, 2.75) is 51.5 Å². The van der Waals surface area contributed by atoms with Crippen molar-refractivity contribution >= 4 is 28.9 Å². The highest BCUT2D eigenvalue weighted by Gasteiger charge is 2.26. The molecule has 2 fully saturated rings. The fourth-order valence-electron chi connectivity index (χ4n) is 3.90. The third kappa shape index (κ3) is 5.47. The van der Waals surface area contributed by atoms with E-state index in [0.717, 1.165) is 69.5 Å². The minimum absolute atomic E-state index is 0.0591. The average molecular weight is 401 g/mol. The molecule has 0 aliphatic carbocycles. The Bertz CT molecular complexity index is 697. The van der Waals surface area contributed by atoms with Gasteiger partial charge in [0.15, 0.2) is 5.11 Å².